The van der Waals surface area contributed by atoms with E-state index in [0.717, 1.165) is 25.0 Å². The number of hydrogen-bond donors (Lipinski definition) is 0. The summed E-state index contributed by atoms with van der Waals surface area (Å²) in [6.07, 6.45) is 5.56. The molecule has 0 aromatic heterocycles. The summed E-state index contributed by atoms with van der Waals surface area (Å²) >= 11 is 0. The minimum Gasteiger partial charge on any atom is -0.548 e. The van der Waals surface area contributed by atoms with Crippen molar-refractivity contribution in [3.8, 4) is 0 Å². The van der Waals surface area contributed by atoms with E-state index in [1.165, 1.54) is 17.7 Å². The molecule has 0 aliphatic heterocycles. The van der Waals surface area contributed by atoms with Crippen LogP contribution in [-0.4, -0.2) is 8.32 Å². The van der Waals surface area contributed by atoms with Crippen LogP contribution in [0.4, 0.5) is 4.39 Å². The SMILES string of the molecule is C[Si](C)(C)OC1=CC(c2ccc(F)cc2)CCC1. The molecule has 2 rings (SSSR count). The maximum atomic E-state index is 12.9. The summed E-state index contributed by atoms with van der Waals surface area (Å²) in [6.45, 7) is 6.61. The molecule has 0 heterocycles. The molecule has 1 aromatic rings. The van der Waals surface area contributed by atoms with Crippen LogP contribution in [0.3, 0.4) is 0 Å². The summed E-state index contributed by atoms with van der Waals surface area (Å²) in [4.78, 5) is 0. The van der Waals surface area contributed by atoms with E-state index in [1.54, 1.807) is 0 Å². The largest absolute Gasteiger partial charge is 0.548 e. The van der Waals surface area contributed by atoms with E-state index in [-0.39, 0.29) is 5.82 Å². The van der Waals surface area contributed by atoms with Crippen LogP contribution in [0.15, 0.2) is 36.1 Å². The molecule has 0 saturated heterocycles. The highest BCUT2D eigenvalue weighted by molar-refractivity contribution is 6.70. The Morgan fingerprint density at radius 1 is 1.17 bits per heavy atom. The second kappa shape index (κ2) is 5.27. The lowest BCUT2D eigenvalue weighted by Crippen LogP contribution is -2.25. The molecule has 1 atom stereocenters. The average molecular weight is 264 g/mol. The van der Waals surface area contributed by atoms with Gasteiger partial charge >= 0.3 is 0 Å². The summed E-state index contributed by atoms with van der Waals surface area (Å²) in [7, 11) is -1.51. The zero-order valence-electron chi connectivity index (χ0n) is 11.4. The third kappa shape index (κ3) is 3.70. The van der Waals surface area contributed by atoms with Crippen molar-refractivity contribution in [2.45, 2.75) is 44.8 Å². The summed E-state index contributed by atoms with van der Waals surface area (Å²) < 4.78 is 19.0. The first-order valence-electron chi connectivity index (χ1n) is 6.59. The van der Waals surface area contributed by atoms with Crippen molar-refractivity contribution in [2.75, 3.05) is 0 Å². The number of hydrogen-bond acceptors (Lipinski definition) is 1. The molecule has 0 spiro atoms. The van der Waals surface area contributed by atoms with Crippen molar-refractivity contribution in [1.29, 1.82) is 0 Å². The van der Waals surface area contributed by atoms with Gasteiger partial charge in [-0.1, -0.05) is 12.1 Å². The average Bonchev–Trinajstić information content (AvgIpc) is 2.28. The number of rotatable bonds is 3. The summed E-state index contributed by atoms with van der Waals surface area (Å²) in [6, 6.07) is 6.84. The van der Waals surface area contributed by atoms with E-state index >= 15 is 0 Å². The molecular weight excluding hydrogens is 243 g/mol. The van der Waals surface area contributed by atoms with Crippen molar-refractivity contribution >= 4 is 8.32 Å². The van der Waals surface area contributed by atoms with Gasteiger partial charge in [-0.05, 0) is 56.3 Å². The first kappa shape index (κ1) is 13.3. The van der Waals surface area contributed by atoms with Gasteiger partial charge in [0, 0.05) is 12.3 Å². The zero-order valence-corrected chi connectivity index (χ0v) is 12.4. The quantitative estimate of drug-likeness (QED) is 0.711. The van der Waals surface area contributed by atoms with E-state index in [0.29, 0.717) is 5.92 Å². The Bertz CT molecular complexity index is 431. The molecular formula is C15H21FOSi. The molecule has 98 valence electrons. The standard InChI is InChI=1S/C15H21FOSi/c1-18(2,3)17-15-6-4-5-13(11-15)12-7-9-14(16)10-8-12/h7-11,13H,4-6H2,1-3H3. The van der Waals surface area contributed by atoms with E-state index in [4.69, 9.17) is 4.43 Å². The maximum absolute atomic E-state index is 12.9. The van der Waals surface area contributed by atoms with Crippen LogP contribution in [0.25, 0.3) is 0 Å². The molecule has 1 unspecified atom stereocenters. The molecule has 1 nitrogen and oxygen atoms in total. The van der Waals surface area contributed by atoms with Crippen LogP contribution in [-0.2, 0) is 4.43 Å². The van der Waals surface area contributed by atoms with Crippen LogP contribution in [0.1, 0.15) is 30.7 Å². The molecule has 18 heavy (non-hydrogen) atoms. The number of allylic oxidation sites excluding steroid dienone is 2. The lowest BCUT2D eigenvalue weighted by atomic mass is 9.88. The van der Waals surface area contributed by atoms with Gasteiger partial charge in [-0.15, -0.1) is 0 Å². The Kier molecular flexibility index (Phi) is 3.90. The molecule has 0 radical (unpaired) electrons. The van der Waals surface area contributed by atoms with Crippen molar-refractivity contribution in [2.24, 2.45) is 0 Å². The van der Waals surface area contributed by atoms with Crippen LogP contribution < -0.4 is 0 Å². The highest BCUT2D eigenvalue weighted by Crippen LogP contribution is 2.32. The predicted octanol–water partition coefficient (Wildman–Crippen LogP) is 4.83. The number of benzene rings is 1. The highest BCUT2D eigenvalue weighted by atomic mass is 28.4. The van der Waals surface area contributed by atoms with Gasteiger partial charge in [0.1, 0.15) is 5.82 Å². The Morgan fingerprint density at radius 3 is 2.44 bits per heavy atom. The van der Waals surface area contributed by atoms with Gasteiger partial charge in [-0.3, -0.25) is 0 Å². The fourth-order valence-electron chi connectivity index (χ4n) is 2.34. The molecule has 0 amide bonds. The summed E-state index contributed by atoms with van der Waals surface area (Å²) in [5, 5.41) is 0. The van der Waals surface area contributed by atoms with Gasteiger partial charge in [0.2, 0.25) is 8.32 Å². The molecule has 3 heteroatoms. The molecule has 0 N–H and O–H groups in total. The monoisotopic (exact) mass is 264 g/mol. The van der Waals surface area contributed by atoms with Gasteiger partial charge in [-0.2, -0.15) is 0 Å². The Morgan fingerprint density at radius 2 is 1.83 bits per heavy atom. The van der Waals surface area contributed by atoms with E-state index in [1.807, 2.05) is 12.1 Å². The van der Waals surface area contributed by atoms with Gasteiger partial charge < -0.3 is 4.43 Å². The number of halogens is 1. The molecule has 0 bridgehead atoms. The summed E-state index contributed by atoms with van der Waals surface area (Å²) in [5.74, 6) is 1.34. The smallest absolute Gasteiger partial charge is 0.241 e. The van der Waals surface area contributed by atoms with Gasteiger partial charge in [0.05, 0.1) is 5.76 Å². The molecule has 1 aromatic carbocycles. The molecule has 0 saturated carbocycles. The second-order valence-electron chi connectivity index (χ2n) is 5.90. The van der Waals surface area contributed by atoms with Crippen molar-refractivity contribution in [1.82, 2.24) is 0 Å². The van der Waals surface area contributed by atoms with E-state index < -0.39 is 8.32 Å². The minimum atomic E-state index is -1.51. The topological polar surface area (TPSA) is 9.23 Å². The molecule has 1 aliphatic rings. The third-order valence-corrected chi connectivity index (χ3v) is 3.94. The van der Waals surface area contributed by atoms with Crippen LogP contribution in [0, 0.1) is 5.82 Å². The second-order valence-corrected chi connectivity index (χ2v) is 10.3. The molecule has 1 aliphatic carbocycles. The zero-order chi connectivity index (χ0) is 13.2. The third-order valence-electron chi connectivity index (χ3n) is 3.06. The fraction of sp³-hybridized carbons (Fsp3) is 0.467. The van der Waals surface area contributed by atoms with Gasteiger partial charge in [-0.25, -0.2) is 4.39 Å². The first-order valence-corrected chi connectivity index (χ1v) is 10.00. The lowest BCUT2D eigenvalue weighted by molar-refractivity contribution is 0.373. The Hall–Kier alpha value is -1.09. The highest BCUT2D eigenvalue weighted by Gasteiger charge is 2.22. The van der Waals surface area contributed by atoms with Crippen LogP contribution in [0.5, 0.6) is 0 Å². The minimum absolute atomic E-state index is 0.169. The van der Waals surface area contributed by atoms with Gasteiger partial charge in [0.25, 0.3) is 0 Å². The Balaban J connectivity index is 2.14. The van der Waals surface area contributed by atoms with Crippen LogP contribution in [0.2, 0.25) is 19.6 Å². The molecule has 0 fully saturated rings. The fourth-order valence-corrected chi connectivity index (χ4v) is 3.30. The first-order chi connectivity index (χ1) is 8.44. The van der Waals surface area contributed by atoms with Crippen molar-refractivity contribution in [3.05, 3.63) is 47.5 Å². The maximum Gasteiger partial charge on any atom is 0.241 e. The van der Waals surface area contributed by atoms with E-state index in [9.17, 15) is 4.39 Å². The van der Waals surface area contributed by atoms with Gasteiger partial charge in [0.15, 0.2) is 0 Å². The lowest BCUT2D eigenvalue weighted by Gasteiger charge is -2.27. The Labute approximate surface area is 110 Å². The normalized spacial score (nSPS) is 20.4. The predicted molar refractivity (Wildman–Crippen MR) is 75.5 cm³/mol. The van der Waals surface area contributed by atoms with E-state index in [2.05, 4.69) is 25.7 Å². The summed E-state index contributed by atoms with van der Waals surface area (Å²) in [5.41, 5.74) is 1.19. The van der Waals surface area contributed by atoms with Crippen LogP contribution >= 0.6 is 0 Å². The van der Waals surface area contributed by atoms with Crippen molar-refractivity contribution in [3.63, 3.8) is 0 Å². The van der Waals surface area contributed by atoms with Crippen molar-refractivity contribution < 1.29 is 8.82 Å².